The van der Waals surface area contributed by atoms with Crippen LogP contribution in [0.15, 0.2) is 16.5 Å². The first-order chi connectivity index (χ1) is 11.1. The molecule has 1 aliphatic rings. The molecular weight excluding hydrogens is 307 g/mol. The fraction of sp³-hybridized carbons (Fsp3) is 0.375. The molecule has 23 heavy (non-hydrogen) atoms. The number of nitrogens with zero attached hydrogens (tertiary/aromatic N) is 3. The minimum absolute atomic E-state index is 0.315. The smallest absolute Gasteiger partial charge is 0.297 e. The second kappa shape index (κ2) is 5.11. The van der Waals surface area contributed by atoms with Crippen LogP contribution >= 0.6 is 0 Å². The molecule has 0 spiro atoms. The molecule has 3 aromatic rings. The lowest BCUT2D eigenvalue weighted by Gasteiger charge is -2.16. The maximum Gasteiger partial charge on any atom is 0.297 e. The lowest BCUT2D eigenvalue weighted by molar-refractivity contribution is 0.141. The van der Waals surface area contributed by atoms with Crippen LogP contribution in [0.2, 0.25) is 0 Å². The van der Waals surface area contributed by atoms with Gasteiger partial charge in [0.05, 0.1) is 0 Å². The van der Waals surface area contributed by atoms with Gasteiger partial charge in [-0.1, -0.05) is 0 Å². The minimum atomic E-state index is -2.77. The highest BCUT2D eigenvalue weighted by molar-refractivity contribution is 6.06. The van der Waals surface area contributed by atoms with Crippen molar-refractivity contribution in [3.63, 3.8) is 0 Å². The van der Waals surface area contributed by atoms with Crippen molar-refractivity contribution in [1.29, 1.82) is 0 Å². The molecule has 0 N–H and O–H groups in total. The van der Waals surface area contributed by atoms with E-state index < -0.39 is 18.1 Å². The predicted octanol–water partition coefficient (Wildman–Crippen LogP) is 4.36. The average Bonchev–Trinajstić information content (AvgIpc) is 3.17. The highest BCUT2D eigenvalue weighted by Crippen LogP contribution is 2.37. The fourth-order valence-corrected chi connectivity index (χ4v) is 3.06. The second-order valence-corrected chi connectivity index (χ2v) is 5.73. The number of rotatable bonds is 2. The third kappa shape index (κ3) is 2.14. The number of fused-ring (bicyclic) bond motifs is 3. The number of hydrogen-bond donors (Lipinski definition) is 0. The summed E-state index contributed by atoms with van der Waals surface area (Å²) in [5.74, 6) is -0.552. The van der Waals surface area contributed by atoms with E-state index in [1.54, 1.807) is 6.92 Å². The van der Waals surface area contributed by atoms with E-state index in [-0.39, 0.29) is 0 Å². The van der Waals surface area contributed by atoms with E-state index in [0.29, 0.717) is 33.5 Å². The van der Waals surface area contributed by atoms with Crippen molar-refractivity contribution in [2.75, 3.05) is 18.0 Å². The molecule has 120 valence electrons. The molecule has 4 rings (SSSR count). The molecule has 1 fully saturated rings. The van der Waals surface area contributed by atoms with Crippen molar-refractivity contribution in [2.24, 2.45) is 0 Å². The molecule has 0 unspecified atom stereocenters. The minimum Gasteiger partial charge on any atom is -0.450 e. The second-order valence-electron chi connectivity index (χ2n) is 5.73. The van der Waals surface area contributed by atoms with Crippen molar-refractivity contribution in [3.05, 3.63) is 29.3 Å². The molecule has 1 aliphatic heterocycles. The van der Waals surface area contributed by atoms with Crippen LogP contribution in [-0.4, -0.2) is 23.1 Å². The van der Waals surface area contributed by atoms with Gasteiger partial charge < -0.3 is 9.32 Å². The van der Waals surface area contributed by atoms with Crippen LogP contribution in [-0.2, 0) is 0 Å². The summed E-state index contributed by atoms with van der Waals surface area (Å²) < 4.78 is 45.9. The van der Waals surface area contributed by atoms with Gasteiger partial charge in [-0.2, -0.15) is 0 Å². The van der Waals surface area contributed by atoms with E-state index in [0.717, 1.165) is 25.9 Å². The third-order valence-corrected chi connectivity index (χ3v) is 4.26. The van der Waals surface area contributed by atoms with Gasteiger partial charge in [0, 0.05) is 24.0 Å². The van der Waals surface area contributed by atoms with Crippen molar-refractivity contribution in [3.8, 4) is 0 Å². The first-order valence-corrected chi connectivity index (χ1v) is 7.48. The number of halogens is 3. The Morgan fingerprint density at radius 3 is 2.57 bits per heavy atom. The Kier molecular flexibility index (Phi) is 3.18. The van der Waals surface area contributed by atoms with Gasteiger partial charge in [0.1, 0.15) is 16.9 Å². The van der Waals surface area contributed by atoms with Crippen LogP contribution < -0.4 is 4.90 Å². The van der Waals surface area contributed by atoms with Gasteiger partial charge in [0.15, 0.2) is 17.2 Å². The van der Waals surface area contributed by atoms with Crippen LogP contribution in [0.4, 0.5) is 19.0 Å². The zero-order valence-corrected chi connectivity index (χ0v) is 12.4. The SMILES string of the molecule is Cc1c(F)ccc2c1oc1c(N3CCCC3)nc(C(F)F)nc12. The summed E-state index contributed by atoms with van der Waals surface area (Å²) in [6, 6.07) is 2.81. The summed E-state index contributed by atoms with van der Waals surface area (Å²) in [4.78, 5) is 9.89. The maximum atomic E-state index is 13.8. The van der Waals surface area contributed by atoms with Gasteiger partial charge in [-0.3, -0.25) is 0 Å². The van der Waals surface area contributed by atoms with Gasteiger partial charge in [-0.15, -0.1) is 0 Å². The van der Waals surface area contributed by atoms with Gasteiger partial charge in [0.2, 0.25) is 0 Å². The number of benzene rings is 1. The summed E-state index contributed by atoms with van der Waals surface area (Å²) in [5.41, 5.74) is 1.34. The van der Waals surface area contributed by atoms with Crippen molar-refractivity contribution in [1.82, 2.24) is 9.97 Å². The topological polar surface area (TPSA) is 42.2 Å². The monoisotopic (exact) mass is 321 g/mol. The van der Waals surface area contributed by atoms with Crippen molar-refractivity contribution in [2.45, 2.75) is 26.2 Å². The van der Waals surface area contributed by atoms with Gasteiger partial charge in [-0.25, -0.2) is 23.1 Å². The number of hydrogen-bond acceptors (Lipinski definition) is 4. The number of alkyl halides is 2. The van der Waals surface area contributed by atoms with E-state index in [1.165, 1.54) is 12.1 Å². The number of anilines is 1. The first-order valence-electron chi connectivity index (χ1n) is 7.48. The molecular formula is C16H14F3N3O. The normalized spacial score (nSPS) is 15.4. The molecule has 0 bridgehead atoms. The van der Waals surface area contributed by atoms with E-state index in [1.807, 2.05) is 4.90 Å². The average molecular weight is 321 g/mol. The Balaban J connectivity index is 2.08. The zero-order valence-electron chi connectivity index (χ0n) is 12.4. The van der Waals surface area contributed by atoms with Gasteiger partial charge >= 0.3 is 0 Å². The largest absolute Gasteiger partial charge is 0.450 e. The summed E-state index contributed by atoms with van der Waals surface area (Å²) in [5, 5.41) is 0.531. The lowest BCUT2D eigenvalue weighted by Crippen LogP contribution is -2.20. The van der Waals surface area contributed by atoms with Crippen LogP contribution in [0.3, 0.4) is 0 Å². The van der Waals surface area contributed by atoms with Crippen LogP contribution in [0.25, 0.3) is 22.1 Å². The molecule has 1 aromatic carbocycles. The molecule has 0 saturated carbocycles. The van der Waals surface area contributed by atoms with Crippen LogP contribution in [0.5, 0.6) is 0 Å². The molecule has 0 atom stereocenters. The molecule has 7 heteroatoms. The van der Waals surface area contributed by atoms with Crippen molar-refractivity contribution < 1.29 is 17.6 Å². The third-order valence-electron chi connectivity index (χ3n) is 4.26. The van der Waals surface area contributed by atoms with Crippen LogP contribution in [0, 0.1) is 12.7 Å². The van der Waals surface area contributed by atoms with E-state index in [9.17, 15) is 13.2 Å². The molecule has 0 amide bonds. The summed E-state index contributed by atoms with van der Waals surface area (Å²) in [7, 11) is 0. The first kappa shape index (κ1) is 14.3. The Bertz CT molecular complexity index is 901. The Hall–Kier alpha value is -2.31. The van der Waals surface area contributed by atoms with E-state index >= 15 is 0 Å². The Labute approximate surface area is 129 Å². The summed E-state index contributed by atoms with van der Waals surface area (Å²) >= 11 is 0. The van der Waals surface area contributed by atoms with E-state index in [4.69, 9.17) is 4.42 Å². The Morgan fingerprint density at radius 2 is 1.87 bits per heavy atom. The standard InChI is InChI=1S/C16H14F3N3O/c1-8-10(17)5-4-9-11-13(23-12(8)9)16(22-6-2-3-7-22)21-15(20-11)14(18)19/h4-5,14H,2-3,6-7H2,1H3. The molecule has 0 aliphatic carbocycles. The van der Waals surface area contributed by atoms with Crippen molar-refractivity contribution >= 4 is 27.9 Å². The number of aromatic nitrogens is 2. The van der Waals surface area contributed by atoms with Gasteiger partial charge in [0.25, 0.3) is 6.43 Å². The Morgan fingerprint density at radius 1 is 1.13 bits per heavy atom. The molecule has 0 radical (unpaired) electrons. The number of aryl methyl sites for hydroxylation is 1. The van der Waals surface area contributed by atoms with E-state index in [2.05, 4.69) is 9.97 Å². The van der Waals surface area contributed by atoms with Gasteiger partial charge in [-0.05, 0) is 31.9 Å². The number of furan rings is 1. The lowest BCUT2D eigenvalue weighted by atomic mass is 10.1. The quantitative estimate of drug-likeness (QED) is 0.703. The summed E-state index contributed by atoms with van der Waals surface area (Å²) in [6.45, 7) is 3.06. The molecule has 3 heterocycles. The zero-order chi connectivity index (χ0) is 16.1. The maximum absolute atomic E-state index is 13.8. The summed E-state index contributed by atoms with van der Waals surface area (Å²) in [6.07, 6.45) is -0.820. The van der Waals surface area contributed by atoms with Crippen LogP contribution in [0.1, 0.15) is 30.7 Å². The highest BCUT2D eigenvalue weighted by atomic mass is 19.3. The predicted molar refractivity (Wildman–Crippen MR) is 80.4 cm³/mol. The molecule has 4 nitrogen and oxygen atoms in total. The molecule has 2 aromatic heterocycles. The highest BCUT2D eigenvalue weighted by Gasteiger charge is 2.25. The fourth-order valence-electron chi connectivity index (χ4n) is 3.06. The molecule has 1 saturated heterocycles.